The zero-order valence-electron chi connectivity index (χ0n) is 12.4. The average Bonchev–Trinajstić information content (AvgIpc) is 3.22. The minimum Gasteiger partial charge on any atom is -0.497 e. The highest BCUT2D eigenvalue weighted by atomic mass is 32.1. The molecule has 1 N–H and O–H groups in total. The number of hydrogen-bond donors (Lipinski definition) is 1. The molecule has 0 amide bonds. The van der Waals surface area contributed by atoms with Gasteiger partial charge in [0.15, 0.2) is 5.13 Å². The van der Waals surface area contributed by atoms with E-state index < -0.39 is 0 Å². The van der Waals surface area contributed by atoms with Gasteiger partial charge in [-0.3, -0.25) is 4.40 Å². The topological polar surface area (TPSA) is 51.5 Å². The van der Waals surface area contributed by atoms with Crippen molar-refractivity contribution in [3.63, 3.8) is 0 Å². The summed E-state index contributed by atoms with van der Waals surface area (Å²) in [5.41, 5.74) is 3.79. The highest BCUT2D eigenvalue weighted by molar-refractivity contribution is 7.14. The molecule has 0 saturated heterocycles. The average molecular weight is 322 g/mol. The van der Waals surface area contributed by atoms with Crippen molar-refractivity contribution in [1.29, 1.82) is 0 Å². The van der Waals surface area contributed by atoms with Crippen LogP contribution in [0.1, 0.15) is 0 Å². The number of aromatic nitrogens is 3. The highest BCUT2D eigenvalue weighted by Gasteiger charge is 2.09. The number of imidazole rings is 1. The molecule has 0 bridgehead atoms. The first-order valence-electron chi connectivity index (χ1n) is 7.12. The Morgan fingerprint density at radius 1 is 1.13 bits per heavy atom. The summed E-state index contributed by atoms with van der Waals surface area (Å²) < 4.78 is 7.20. The molecular weight excluding hydrogens is 308 g/mol. The van der Waals surface area contributed by atoms with Crippen LogP contribution in [0.5, 0.6) is 5.75 Å². The molecule has 0 spiro atoms. The molecule has 23 heavy (non-hydrogen) atoms. The van der Waals surface area contributed by atoms with E-state index in [4.69, 9.17) is 4.74 Å². The quantitative estimate of drug-likeness (QED) is 0.611. The molecule has 1 aromatic carbocycles. The molecule has 0 fully saturated rings. The number of hydrogen-bond acceptors (Lipinski definition) is 5. The lowest BCUT2D eigenvalue weighted by Crippen LogP contribution is -1.91. The van der Waals surface area contributed by atoms with Gasteiger partial charge < -0.3 is 10.1 Å². The number of methoxy groups -OCH3 is 1. The van der Waals surface area contributed by atoms with Crippen molar-refractivity contribution in [2.75, 3.05) is 12.4 Å². The molecule has 3 heterocycles. The number of benzene rings is 1. The maximum atomic E-state index is 5.16. The van der Waals surface area contributed by atoms with Crippen molar-refractivity contribution in [2.24, 2.45) is 0 Å². The van der Waals surface area contributed by atoms with Crippen LogP contribution < -0.4 is 10.1 Å². The Bertz CT molecular complexity index is 943. The molecular formula is C17H14N4OS. The monoisotopic (exact) mass is 322 g/mol. The Hall–Kier alpha value is -2.86. The molecule has 4 aromatic rings. The molecule has 5 nitrogen and oxygen atoms in total. The van der Waals surface area contributed by atoms with Gasteiger partial charge in [0.1, 0.15) is 17.1 Å². The predicted octanol–water partition coefficient (Wildman–Crippen LogP) is 4.21. The Morgan fingerprint density at radius 3 is 2.83 bits per heavy atom. The smallest absolute Gasteiger partial charge is 0.187 e. The van der Waals surface area contributed by atoms with Gasteiger partial charge in [0.05, 0.1) is 19.0 Å². The Kier molecular flexibility index (Phi) is 3.44. The van der Waals surface area contributed by atoms with E-state index in [1.165, 1.54) is 0 Å². The summed E-state index contributed by atoms with van der Waals surface area (Å²) in [5, 5.41) is 6.18. The minimum absolute atomic E-state index is 0.834. The minimum atomic E-state index is 0.834. The molecule has 0 aliphatic rings. The number of thiazole rings is 1. The molecule has 0 unspecified atom stereocenters. The molecule has 0 aliphatic heterocycles. The van der Waals surface area contributed by atoms with Gasteiger partial charge >= 0.3 is 0 Å². The van der Waals surface area contributed by atoms with Crippen molar-refractivity contribution in [3.8, 4) is 17.1 Å². The van der Waals surface area contributed by atoms with Gasteiger partial charge in [-0.25, -0.2) is 9.97 Å². The molecule has 114 valence electrons. The van der Waals surface area contributed by atoms with Gasteiger partial charge in [-0.1, -0.05) is 6.07 Å². The van der Waals surface area contributed by atoms with Gasteiger partial charge in [-0.2, -0.15) is 0 Å². The predicted molar refractivity (Wildman–Crippen MR) is 92.6 cm³/mol. The van der Waals surface area contributed by atoms with E-state index in [0.29, 0.717) is 0 Å². The Labute approximate surface area is 137 Å². The zero-order chi connectivity index (χ0) is 15.6. The summed E-state index contributed by atoms with van der Waals surface area (Å²) in [6.45, 7) is 0. The Morgan fingerprint density at radius 2 is 2.00 bits per heavy atom. The summed E-state index contributed by atoms with van der Waals surface area (Å²) in [5.74, 6) is 0.834. The SMILES string of the molecule is COc1ccc(Nc2nc(-c3cnc4ccccn34)cs2)cc1. The van der Waals surface area contributed by atoms with E-state index in [1.54, 1.807) is 18.4 Å². The maximum Gasteiger partial charge on any atom is 0.187 e. The van der Waals surface area contributed by atoms with E-state index in [2.05, 4.69) is 15.3 Å². The first kappa shape index (κ1) is 13.8. The molecule has 6 heteroatoms. The van der Waals surface area contributed by atoms with E-state index in [-0.39, 0.29) is 0 Å². The number of nitrogens with one attached hydrogen (secondary N) is 1. The summed E-state index contributed by atoms with van der Waals surface area (Å²) in [6, 6.07) is 13.7. The third-order valence-corrected chi connectivity index (χ3v) is 4.28. The molecule has 0 atom stereocenters. The third-order valence-electron chi connectivity index (χ3n) is 3.52. The van der Waals surface area contributed by atoms with Crippen LogP contribution in [0.15, 0.2) is 60.2 Å². The second-order valence-electron chi connectivity index (χ2n) is 4.96. The lowest BCUT2D eigenvalue weighted by Gasteiger charge is -2.04. The van der Waals surface area contributed by atoms with Crippen molar-refractivity contribution in [1.82, 2.24) is 14.4 Å². The molecule has 0 saturated carbocycles. The van der Waals surface area contributed by atoms with Crippen LogP contribution in [-0.4, -0.2) is 21.5 Å². The first-order chi connectivity index (χ1) is 11.3. The van der Waals surface area contributed by atoms with Crippen LogP contribution in [0, 0.1) is 0 Å². The van der Waals surface area contributed by atoms with Crippen LogP contribution >= 0.6 is 11.3 Å². The number of ether oxygens (including phenoxy) is 1. The fraction of sp³-hybridized carbons (Fsp3) is 0.0588. The third kappa shape index (κ3) is 2.64. The van der Waals surface area contributed by atoms with Gasteiger partial charge in [-0.05, 0) is 36.4 Å². The lowest BCUT2D eigenvalue weighted by atomic mass is 10.3. The second-order valence-corrected chi connectivity index (χ2v) is 5.82. The summed E-state index contributed by atoms with van der Waals surface area (Å²) in [4.78, 5) is 9.06. The standard InChI is InChI=1S/C17H14N4OS/c1-22-13-7-5-12(6-8-13)19-17-20-14(11-23-17)15-10-18-16-4-2-3-9-21(15)16/h2-11H,1H3,(H,19,20). The number of nitrogens with zero attached hydrogens (tertiary/aromatic N) is 3. The fourth-order valence-electron chi connectivity index (χ4n) is 2.37. The number of rotatable bonds is 4. The largest absolute Gasteiger partial charge is 0.497 e. The van der Waals surface area contributed by atoms with Crippen molar-refractivity contribution in [3.05, 3.63) is 60.2 Å². The Balaban J connectivity index is 1.61. The van der Waals surface area contributed by atoms with E-state index >= 15 is 0 Å². The van der Waals surface area contributed by atoms with Crippen LogP contribution in [-0.2, 0) is 0 Å². The fourth-order valence-corrected chi connectivity index (χ4v) is 3.09. The van der Waals surface area contributed by atoms with Crippen LogP contribution in [0.3, 0.4) is 0 Å². The van der Waals surface area contributed by atoms with E-state index in [9.17, 15) is 0 Å². The molecule has 0 aliphatic carbocycles. The van der Waals surface area contributed by atoms with Crippen LogP contribution in [0.2, 0.25) is 0 Å². The molecule has 4 rings (SSSR count). The van der Waals surface area contributed by atoms with Crippen molar-refractivity contribution >= 4 is 27.8 Å². The number of pyridine rings is 1. The second kappa shape index (κ2) is 5.73. The number of anilines is 2. The number of fused-ring (bicyclic) bond motifs is 1. The zero-order valence-corrected chi connectivity index (χ0v) is 13.2. The van der Waals surface area contributed by atoms with Gasteiger partial charge in [0.25, 0.3) is 0 Å². The van der Waals surface area contributed by atoms with E-state index in [0.717, 1.165) is 33.6 Å². The molecule has 3 aromatic heterocycles. The van der Waals surface area contributed by atoms with Crippen molar-refractivity contribution < 1.29 is 4.74 Å². The van der Waals surface area contributed by atoms with Gasteiger partial charge in [-0.15, -0.1) is 11.3 Å². The van der Waals surface area contributed by atoms with Gasteiger partial charge in [0, 0.05) is 17.3 Å². The normalized spacial score (nSPS) is 10.8. The van der Waals surface area contributed by atoms with Crippen LogP contribution in [0.4, 0.5) is 10.8 Å². The lowest BCUT2D eigenvalue weighted by molar-refractivity contribution is 0.415. The van der Waals surface area contributed by atoms with Crippen molar-refractivity contribution in [2.45, 2.75) is 0 Å². The summed E-state index contributed by atoms with van der Waals surface area (Å²) >= 11 is 1.57. The first-order valence-corrected chi connectivity index (χ1v) is 8.00. The van der Waals surface area contributed by atoms with Crippen LogP contribution in [0.25, 0.3) is 17.0 Å². The highest BCUT2D eigenvalue weighted by Crippen LogP contribution is 2.28. The summed E-state index contributed by atoms with van der Waals surface area (Å²) in [6.07, 6.45) is 3.84. The maximum absolute atomic E-state index is 5.16. The van der Waals surface area contributed by atoms with E-state index in [1.807, 2.05) is 64.6 Å². The molecule has 0 radical (unpaired) electrons. The van der Waals surface area contributed by atoms with Gasteiger partial charge in [0.2, 0.25) is 0 Å². The summed E-state index contributed by atoms with van der Waals surface area (Å²) in [7, 11) is 1.66.